The van der Waals surface area contributed by atoms with Gasteiger partial charge in [-0.05, 0) is 12.5 Å². The molecule has 0 spiro atoms. The van der Waals surface area contributed by atoms with Crippen molar-refractivity contribution in [3.8, 4) is 5.75 Å². The van der Waals surface area contributed by atoms with Gasteiger partial charge in [-0.15, -0.1) is 0 Å². The molecule has 0 amide bonds. The van der Waals surface area contributed by atoms with Gasteiger partial charge in [0, 0.05) is 11.8 Å². The van der Waals surface area contributed by atoms with Gasteiger partial charge in [0.2, 0.25) is 0 Å². The monoisotopic (exact) mass is 255 g/mol. The number of nitrogens with zero attached hydrogens (tertiary/aromatic N) is 1. The van der Waals surface area contributed by atoms with Gasteiger partial charge in [0.05, 0.1) is 11.7 Å². The number of aryl methyl sites for hydroxylation is 1. The van der Waals surface area contributed by atoms with Gasteiger partial charge in [0.1, 0.15) is 5.75 Å². The number of aromatic carboxylic acids is 1. The zero-order chi connectivity index (χ0) is 11.1. The molecule has 0 radical (unpaired) electrons. The number of pyridine rings is 1. The second-order valence-electron chi connectivity index (χ2n) is 3.44. The zero-order valence-electron chi connectivity index (χ0n) is 9.71. The number of aromatic nitrogens is 1. The van der Waals surface area contributed by atoms with Crippen LogP contribution in [0, 0.1) is 0 Å². The van der Waals surface area contributed by atoms with Crippen molar-refractivity contribution in [2.24, 2.45) is 0 Å². The Morgan fingerprint density at radius 3 is 2.71 bits per heavy atom. The molecule has 1 aromatic heterocycles. The zero-order valence-corrected chi connectivity index (χ0v) is 13.7. The Morgan fingerprint density at radius 1 is 1.47 bits per heavy atom. The maximum absolute atomic E-state index is 10.7. The summed E-state index contributed by atoms with van der Waals surface area (Å²) in [7, 11) is 0. The number of fused-ring (bicyclic) bond motifs is 1. The van der Waals surface area contributed by atoms with Gasteiger partial charge >= 0.3 is 65.9 Å². The molecule has 1 aliphatic rings. The number of hydrogen-bond donors (Lipinski definition) is 2. The first-order chi connectivity index (χ1) is 6.99. The quantitative estimate of drug-likeness (QED) is 0.483. The Balaban J connectivity index is 0.00000128. The van der Waals surface area contributed by atoms with Crippen molar-refractivity contribution in [3.05, 3.63) is 23.5 Å². The largest absolute Gasteiger partial charge is 1.00 e. The second kappa shape index (κ2) is 6.54. The molecule has 0 saturated carbocycles. The third kappa shape index (κ3) is 3.94. The fraction of sp³-hybridized carbons (Fsp3) is 0.250. The van der Waals surface area contributed by atoms with E-state index in [1.54, 1.807) is 0 Å². The van der Waals surface area contributed by atoms with Gasteiger partial charge in [-0.1, -0.05) is 6.32 Å². The third-order valence-corrected chi connectivity index (χ3v) is 2.26. The van der Waals surface area contributed by atoms with E-state index in [2.05, 4.69) is 4.98 Å². The summed E-state index contributed by atoms with van der Waals surface area (Å²) < 4.78 is 4.80. The van der Waals surface area contributed by atoms with Crippen molar-refractivity contribution in [1.29, 1.82) is 0 Å². The van der Waals surface area contributed by atoms with E-state index in [1.165, 1.54) is 12.3 Å². The van der Waals surface area contributed by atoms with Crippen molar-refractivity contribution in [1.82, 2.24) is 4.98 Å². The minimum absolute atomic E-state index is 0. The summed E-state index contributed by atoms with van der Waals surface area (Å²) in [6.45, 7) is -2.97. The van der Waals surface area contributed by atoms with Gasteiger partial charge in [-0.25, -0.2) is 0 Å². The van der Waals surface area contributed by atoms with Crippen LogP contribution in [0.4, 0.5) is 0 Å². The van der Waals surface area contributed by atoms with Gasteiger partial charge < -0.3 is 24.6 Å². The van der Waals surface area contributed by atoms with E-state index in [9.17, 15) is 19.9 Å². The van der Waals surface area contributed by atoms with Crippen LogP contribution >= 0.6 is 0 Å². The molecular weight excluding hydrogens is 247 g/mol. The van der Waals surface area contributed by atoms with Gasteiger partial charge in [-0.2, -0.15) is 0 Å². The topological polar surface area (TPSA) is 103 Å². The number of hydrogen-bond acceptors (Lipinski definition) is 6. The fourth-order valence-corrected chi connectivity index (χ4v) is 1.53. The Bertz CT molecular complexity index is 428. The Kier molecular flexibility index (Phi) is 6.69. The van der Waals surface area contributed by atoms with E-state index >= 15 is 0 Å². The molecule has 80 valence electrons. The summed E-state index contributed by atoms with van der Waals surface area (Å²) >= 11 is 0. The summed E-state index contributed by atoms with van der Waals surface area (Å²) in [5, 5.41) is 29.3. The molecule has 6 nitrogen and oxygen atoms in total. The molecule has 0 atom stereocenters. The maximum atomic E-state index is 10.7. The maximum Gasteiger partial charge on any atom is 1.00 e. The molecule has 0 saturated heterocycles. The molecule has 0 aromatic carbocycles. The van der Waals surface area contributed by atoms with Crippen LogP contribution in [0.2, 0.25) is 6.32 Å². The summed E-state index contributed by atoms with van der Waals surface area (Å²) in [6, 6.07) is 1.20. The number of rotatable bonds is 1. The molecule has 1 aromatic rings. The van der Waals surface area contributed by atoms with Crippen molar-refractivity contribution >= 4 is 12.7 Å². The van der Waals surface area contributed by atoms with Crippen LogP contribution in [-0.2, 0) is 6.42 Å². The van der Waals surface area contributed by atoms with Crippen LogP contribution in [-0.4, -0.2) is 27.8 Å². The average molecular weight is 255 g/mol. The molecular formula is C8H8BNNa2O5. The van der Waals surface area contributed by atoms with E-state index in [4.69, 9.17) is 4.65 Å². The summed E-state index contributed by atoms with van der Waals surface area (Å²) in [4.78, 5) is 14.6. The molecule has 2 N–H and O–H groups in total. The van der Waals surface area contributed by atoms with Crippen LogP contribution < -0.4 is 68.9 Å². The molecule has 0 fully saturated rings. The number of carboxylic acid groups (broad SMARTS) is 1. The first-order valence-corrected chi connectivity index (χ1v) is 4.48. The SMILES string of the molecule is O=C([O-])c1ccnc2c1O[B-](O)(O)CC2.[Na+].[Na+]. The van der Waals surface area contributed by atoms with E-state index < -0.39 is 12.7 Å². The fourth-order valence-electron chi connectivity index (χ4n) is 1.53. The molecule has 0 bridgehead atoms. The molecule has 0 aliphatic carbocycles. The van der Waals surface area contributed by atoms with E-state index in [-0.39, 0.29) is 83.2 Å². The van der Waals surface area contributed by atoms with Crippen LogP contribution in [0.5, 0.6) is 5.75 Å². The molecule has 0 unspecified atom stereocenters. The predicted octanol–water partition coefficient (Wildman–Crippen LogP) is -7.69. The molecule has 1 aliphatic heterocycles. The van der Waals surface area contributed by atoms with Crippen LogP contribution in [0.15, 0.2) is 12.3 Å². The normalized spacial score (nSPS) is 15.6. The van der Waals surface area contributed by atoms with Crippen molar-refractivity contribution < 1.29 is 83.7 Å². The smallest absolute Gasteiger partial charge is 0.668 e. The minimum Gasteiger partial charge on any atom is -0.668 e. The van der Waals surface area contributed by atoms with Crippen LogP contribution in [0.1, 0.15) is 16.1 Å². The molecule has 2 rings (SSSR count). The number of carbonyl (C=O) groups excluding carboxylic acids is 1. The van der Waals surface area contributed by atoms with Crippen molar-refractivity contribution in [2.75, 3.05) is 0 Å². The molecule has 17 heavy (non-hydrogen) atoms. The summed E-state index contributed by atoms with van der Waals surface area (Å²) in [5.74, 6) is -1.53. The van der Waals surface area contributed by atoms with Crippen molar-refractivity contribution in [3.63, 3.8) is 0 Å². The first kappa shape index (κ1) is 17.4. The minimum atomic E-state index is -2.97. The van der Waals surface area contributed by atoms with Gasteiger partial charge in [0.15, 0.2) is 0 Å². The van der Waals surface area contributed by atoms with Gasteiger partial charge in [0.25, 0.3) is 0 Å². The first-order valence-electron chi connectivity index (χ1n) is 4.48. The van der Waals surface area contributed by atoms with Gasteiger partial charge in [-0.3, -0.25) is 4.98 Å². The Hall–Kier alpha value is 0.405. The summed E-state index contributed by atoms with van der Waals surface area (Å²) in [6.07, 6.45) is 1.60. The van der Waals surface area contributed by atoms with Crippen LogP contribution in [0.3, 0.4) is 0 Å². The van der Waals surface area contributed by atoms with E-state index in [1.807, 2.05) is 0 Å². The standard InChI is InChI=1S/C8H9BNO5.2Na/c11-8(12)5-2-4-10-6-1-3-9(13,14)15-7(5)6;;/h2,4,13-14H,1,3H2,(H,11,12);;/q-1;2*+1/p-1. The van der Waals surface area contributed by atoms with E-state index in [0.29, 0.717) is 5.69 Å². The van der Waals surface area contributed by atoms with Crippen LogP contribution in [0.25, 0.3) is 0 Å². The second-order valence-corrected chi connectivity index (χ2v) is 3.44. The molecule has 2 heterocycles. The average Bonchev–Trinajstić information content (AvgIpc) is 2.15. The Morgan fingerprint density at radius 2 is 2.12 bits per heavy atom. The molecule has 9 heteroatoms. The number of carbonyl (C=O) groups is 1. The third-order valence-electron chi connectivity index (χ3n) is 2.26. The van der Waals surface area contributed by atoms with E-state index in [0.717, 1.165) is 0 Å². The predicted molar refractivity (Wildman–Crippen MR) is 47.9 cm³/mol. The van der Waals surface area contributed by atoms with Crippen molar-refractivity contribution in [2.45, 2.75) is 12.7 Å². The number of carboxylic acids is 1. The summed E-state index contributed by atoms with van der Waals surface area (Å²) in [5.41, 5.74) is 0.186. The Labute approximate surface area is 142 Å².